The molecule has 0 radical (unpaired) electrons. The van der Waals surface area contributed by atoms with E-state index in [4.69, 9.17) is 11.6 Å². The highest BCUT2D eigenvalue weighted by molar-refractivity contribution is 7.23. The van der Waals surface area contributed by atoms with Crippen LogP contribution in [0.4, 0.5) is 5.00 Å². The van der Waals surface area contributed by atoms with Gasteiger partial charge in [0.1, 0.15) is 5.50 Å². The van der Waals surface area contributed by atoms with Crippen LogP contribution in [-0.2, 0) is 0 Å². The fourth-order valence-corrected chi connectivity index (χ4v) is 3.07. The standard InChI is InChI=1S/C11H8ClNS/c12-10-6-5-8-7-3-1-2-4-9(7)14-11(8)13-10/h1-6,10,13H. The zero-order valence-electron chi connectivity index (χ0n) is 7.33. The Hall–Kier alpha value is -0.990. The lowest BCUT2D eigenvalue weighted by Crippen LogP contribution is -2.10. The molecule has 1 aliphatic heterocycles. The maximum atomic E-state index is 5.98. The lowest BCUT2D eigenvalue weighted by molar-refractivity contribution is 1.24. The second-order valence-electron chi connectivity index (χ2n) is 3.25. The summed E-state index contributed by atoms with van der Waals surface area (Å²) in [4.78, 5) is 0. The smallest absolute Gasteiger partial charge is 0.121 e. The number of alkyl halides is 1. The largest absolute Gasteiger partial charge is 0.357 e. The molecule has 1 aliphatic rings. The molecule has 0 saturated carbocycles. The Morgan fingerprint density at radius 2 is 2.14 bits per heavy atom. The number of nitrogens with one attached hydrogen (secondary N) is 1. The van der Waals surface area contributed by atoms with E-state index in [-0.39, 0.29) is 5.50 Å². The summed E-state index contributed by atoms with van der Waals surface area (Å²) in [7, 11) is 0. The molecule has 0 amide bonds. The molecule has 1 atom stereocenters. The van der Waals surface area contributed by atoms with Crippen LogP contribution in [-0.4, -0.2) is 5.50 Å². The predicted molar refractivity (Wildman–Crippen MR) is 64.1 cm³/mol. The van der Waals surface area contributed by atoms with Crippen LogP contribution in [0, 0.1) is 0 Å². The van der Waals surface area contributed by atoms with Gasteiger partial charge in [-0.3, -0.25) is 0 Å². The summed E-state index contributed by atoms with van der Waals surface area (Å²) in [6, 6.07) is 8.41. The van der Waals surface area contributed by atoms with Gasteiger partial charge in [0.15, 0.2) is 0 Å². The van der Waals surface area contributed by atoms with Gasteiger partial charge in [-0.15, -0.1) is 11.3 Å². The number of rotatable bonds is 0. The first-order chi connectivity index (χ1) is 6.84. The highest BCUT2D eigenvalue weighted by atomic mass is 35.5. The van der Waals surface area contributed by atoms with E-state index in [0.717, 1.165) is 0 Å². The van der Waals surface area contributed by atoms with Gasteiger partial charge in [0.05, 0.1) is 5.00 Å². The summed E-state index contributed by atoms with van der Waals surface area (Å²) in [5.74, 6) is 0. The van der Waals surface area contributed by atoms with Gasteiger partial charge in [-0.05, 0) is 12.1 Å². The molecule has 0 bridgehead atoms. The monoisotopic (exact) mass is 221 g/mol. The Labute approximate surface area is 91.0 Å². The van der Waals surface area contributed by atoms with Gasteiger partial charge in [-0.1, -0.05) is 35.9 Å². The van der Waals surface area contributed by atoms with Gasteiger partial charge in [-0.2, -0.15) is 0 Å². The maximum Gasteiger partial charge on any atom is 0.121 e. The van der Waals surface area contributed by atoms with E-state index in [1.807, 2.05) is 6.08 Å². The maximum absolute atomic E-state index is 5.98. The zero-order chi connectivity index (χ0) is 9.54. The zero-order valence-corrected chi connectivity index (χ0v) is 8.90. The van der Waals surface area contributed by atoms with Crippen LogP contribution in [0.15, 0.2) is 30.3 Å². The molecule has 3 rings (SSSR count). The van der Waals surface area contributed by atoms with Crippen LogP contribution in [0.1, 0.15) is 5.56 Å². The van der Waals surface area contributed by atoms with Crippen molar-refractivity contribution in [1.29, 1.82) is 0 Å². The second kappa shape index (κ2) is 3.01. The highest BCUT2D eigenvalue weighted by Crippen LogP contribution is 2.39. The van der Waals surface area contributed by atoms with Gasteiger partial charge < -0.3 is 5.32 Å². The number of benzene rings is 1. The molecule has 1 N–H and O–H groups in total. The number of hydrogen-bond donors (Lipinski definition) is 1. The normalized spacial score (nSPS) is 19.4. The van der Waals surface area contributed by atoms with Crippen LogP contribution in [0.3, 0.4) is 0 Å². The van der Waals surface area contributed by atoms with Gasteiger partial charge >= 0.3 is 0 Å². The Bertz CT molecular complexity index is 515. The molecule has 3 heteroatoms. The molecule has 0 spiro atoms. The number of anilines is 1. The lowest BCUT2D eigenvalue weighted by Gasteiger charge is -2.12. The summed E-state index contributed by atoms with van der Waals surface area (Å²) >= 11 is 7.74. The Morgan fingerprint density at radius 1 is 1.29 bits per heavy atom. The summed E-state index contributed by atoms with van der Waals surface area (Å²) in [5.41, 5.74) is 1.19. The highest BCUT2D eigenvalue weighted by Gasteiger charge is 2.14. The first kappa shape index (κ1) is 8.33. The minimum absolute atomic E-state index is 0.0736. The lowest BCUT2D eigenvalue weighted by atomic mass is 10.1. The number of hydrogen-bond acceptors (Lipinski definition) is 2. The van der Waals surface area contributed by atoms with Crippen molar-refractivity contribution in [3.63, 3.8) is 0 Å². The second-order valence-corrected chi connectivity index (χ2v) is 4.77. The molecule has 70 valence electrons. The topological polar surface area (TPSA) is 12.0 Å². The molecule has 0 fully saturated rings. The van der Waals surface area contributed by atoms with E-state index >= 15 is 0 Å². The predicted octanol–water partition coefficient (Wildman–Crippen LogP) is 3.90. The third-order valence-corrected chi connectivity index (χ3v) is 3.71. The SMILES string of the molecule is ClC1C=Cc2c(sc3ccccc23)N1. The molecule has 2 aromatic rings. The molecule has 14 heavy (non-hydrogen) atoms. The minimum Gasteiger partial charge on any atom is -0.357 e. The van der Waals surface area contributed by atoms with E-state index in [1.54, 1.807) is 11.3 Å². The van der Waals surface area contributed by atoms with Crippen molar-refractivity contribution in [2.45, 2.75) is 5.50 Å². The Balaban J connectivity index is 2.32. The summed E-state index contributed by atoms with van der Waals surface area (Å²) in [6.07, 6.45) is 4.07. The van der Waals surface area contributed by atoms with Gasteiger partial charge in [0.25, 0.3) is 0 Å². The van der Waals surface area contributed by atoms with E-state index in [9.17, 15) is 0 Å². The molecular weight excluding hydrogens is 214 g/mol. The average Bonchev–Trinajstić information content (AvgIpc) is 2.54. The van der Waals surface area contributed by atoms with E-state index in [1.165, 1.54) is 20.7 Å². The van der Waals surface area contributed by atoms with Crippen molar-refractivity contribution < 1.29 is 0 Å². The van der Waals surface area contributed by atoms with E-state index in [0.29, 0.717) is 0 Å². The first-order valence-electron chi connectivity index (χ1n) is 4.45. The molecule has 0 saturated heterocycles. The van der Waals surface area contributed by atoms with Crippen molar-refractivity contribution >= 4 is 44.1 Å². The Morgan fingerprint density at radius 3 is 3.07 bits per heavy atom. The van der Waals surface area contributed by atoms with Crippen LogP contribution in [0.25, 0.3) is 16.2 Å². The van der Waals surface area contributed by atoms with Crippen molar-refractivity contribution in [1.82, 2.24) is 0 Å². The quantitative estimate of drug-likeness (QED) is 0.526. The van der Waals surface area contributed by atoms with Crippen LogP contribution in [0.2, 0.25) is 0 Å². The average molecular weight is 222 g/mol. The summed E-state index contributed by atoms with van der Waals surface area (Å²) < 4.78 is 1.31. The third-order valence-electron chi connectivity index (χ3n) is 2.33. The van der Waals surface area contributed by atoms with Gasteiger partial charge in [0, 0.05) is 15.6 Å². The van der Waals surface area contributed by atoms with Crippen molar-refractivity contribution in [2.75, 3.05) is 5.32 Å². The van der Waals surface area contributed by atoms with E-state index < -0.39 is 0 Å². The fraction of sp³-hybridized carbons (Fsp3) is 0.0909. The fourth-order valence-electron chi connectivity index (χ4n) is 1.69. The van der Waals surface area contributed by atoms with Crippen molar-refractivity contribution in [2.24, 2.45) is 0 Å². The number of thiophene rings is 1. The number of fused-ring (bicyclic) bond motifs is 3. The molecular formula is C11H8ClNS. The molecule has 0 aliphatic carbocycles. The minimum atomic E-state index is -0.0736. The van der Waals surface area contributed by atoms with Crippen molar-refractivity contribution in [3.8, 4) is 0 Å². The van der Waals surface area contributed by atoms with Crippen molar-refractivity contribution in [3.05, 3.63) is 35.9 Å². The van der Waals surface area contributed by atoms with Crippen LogP contribution >= 0.6 is 22.9 Å². The van der Waals surface area contributed by atoms with Crippen LogP contribution in [0.5, 0.6) is 0 Å². The summed E-state index contributed by atoms with van der Waals surface area (Å²) in [5, 5.41) is 5.73. The first-order valence-corrected chi connectivity index (χ1v) is 5.70. The molecule has 1 aromatic heterocycles. The Kier molecular flexibility index (Phi) is 1.79. The summed E-state index contributed by atoms with van der Waals surface area (Å²) in [6.45, 7) is 0. The number of halogens is 1. The van der Waals surface area contributed by atoms with E-state index in [2.05, 4.69) is 35.7 Å². The molecule has 2 heterocycles. The molecule has 1 aromatic carbocycles. The van der Waals surface area contributed by atoms with Gasteiger partial charge in [0.2, 0.25) is 0 Å². The van der Waals surface area contributed by atoms with Crippen LogP contribution < -0.4 is 5.32 Å². The third kappa shape index (κ3) is 1.15. The molecule has 1 nitrogen and oxygen atoms in total. The van der Waals surface area contributed by atoms with Gasteiger partial charge in [-0.25, -0.2) is 0 Å². The molecule has 1 unspecified atom stereocenters.